The third-order valence-corrected chi connectivity index (χ3v) is 5.33. The van der Waals surface area contributed by atoms with E-state index in [0.717, 1.165) is 30.2 Å². The number of aromatic nitrogens is 1. The van der Waals surface area contributed by atoms with Crippen LogP contribution < -0.4 is 0 Å². The molecule has 128 valence electrons. The molecule has 2 heterocycles. The molecular formula is C17H18BrFN2O2S. The normalized spacial score (nSPS) is 17.2. The van der Waals surface area contributed by atoms with Crippen LogP contribution in [0.5, 0.6) is 0 Å². The fourth-order valence-electron chi connectivity index (χ4n) is 2.73. The standard InChI is InChI=1S/C17H18BrFN2O2S/c1-11-10-24-16(20-11)9-21(8-13-3-2-6-23-13)17(22)14-5-4-12(18)7-15(14)19/h4-5,7,10,13H,2-3,6,8-9H2,1H3/t13-/m1/s1. The Morgan fingerprint density at radius 3 is 3.00 bits per heavy atom. The van der Waals surface area contributed by atoms with Crippen molar-refractivity contribution >= 4 is 33.2 Å². The molecule has 0 unspecified atom stereocenters. The Morgan fingerprint density at radius 1 is 1.54 bits per heavy atom. The van der Waals surface area contributed by atoms with Gasteiger partial charge >= 0.3 is 0 Å². The van der Waals surface area contributed by atoms with Crippen molar-refractivity contribution in [3.8, 4) is 0 Å². The number of aryl methyl sites for hydroxylation is 1. The highest BCUT2D eigenvalue weighted by Gasteiger charge is 2.26. The number of halogens is 2. The van der Waals surface area contributed by atoms with Gasteiger partial charge in [-0.1, -0.05) is 15.9 Å². The van der Waals surface area contributed by atoms with Gasteiger partial charge in [0, 0.05) is 28.7 Å². The lowest BCUT2D eigenvalue weighted by Crippen LogP contribution is -2.37. The molecule has 1 aliphatic rings. The highest BCUT2D eigenvalue weighted by atomic mass is 79.9. The molecule has 1 amide bonds. The summed E-state index contributed by atoms with van der Waals surface area (Å²) in [5.74, 6) is -0.856. The average Bonchev–Trinajstić information content (AvgIpc) is 3.18. The van der Waals surface area contributed by atoms with Crippen LogP contribution >= 0.6 is 27.3 Å². The molecule has 4 nitrogen and oxygen atoms in total. The fraction of sp³-hybridized carbons (Fsp3) is 0.412. The topological polar surface area (TPSA) is 42.4 Å². The zero-order valence-electron chi connectivity index (χ0n) is 13.3. The molecule has 0 saturated carbocycles. The van der Waals surface area contributed by atoms with E-state index < -0.39 is 5.82 Å². The summed E-state index contributed by atoms with van der Waals surface area (Å²) in [4.78, 5) is 18.9. The smallest absolute Gasteiger partial charge is 0.257 e. The highest BCUT2D eigenvalue weighted by molar-refractivity contribution is 9.10. The van der Waals surface area contributed by atoms with E-state index in [9.17, 15) is 9.18 Å². The molecule has 0 spiro atoms. The van der Waals surface area contributed by atoms with Gasteiger partial charge in [-0.2, -0.15) is 0 Å². The van der Waals surface area contributed by atoms with E-state index in [1.165, 1.54) is 23.5 Å². The summed E-state index contributed by atoms with van der Waals surface area (Å²) in [5, 5.41) is 2.79. The molecule has 1 atom stereocenters. The molecule has 0 bridgehead atoms. The lowest BCUT2D eigenvalue weighted by atomic mass is 10.1. The van der Waals surface area contributed by atoms with Crippen molar-refractivity contribution in [1.29, 1.82) is 0 Å². The summed E-state index contributed by atoms with van der Waals surface area (Å²) in [5.41, 5.74) is 0.999. The number of hydrogen-bond acceptors (Lipinski definition) is 4. The Hall–Kier alpha value is -1.31. The number of nitrogens with zero attached hydrogens (tertiary/aromatic N) is 2. The number of amides is 1. The summed E-state index contributed by atoms with van der Waals surface area (Å²) >= 11 is 4.72. The molecule has 0 radical (unpaired) electrons. The van der Waals surface area contributed by atoms with Crippen molar-refractivity contribution in [2.45, 2.75) is 32.4 Å². The van der Waals surface area contributed by atoms with Crippen LogP contribution in [-0.4, -0.2) is 35.0 Å². The largest absolute Gasteiger partial charge is 0.376 e. The quantitative estimate of drug-likeness (QED) is 0.739. The summed E-state index contributed by atoms with van der Waals surface area (Å²) in [6.07, 6.45) is 1.92. The molecular weight excluding hydrogens is 395 g/mol. The molecule has 3 rings (SSSR count). The Bertz CT molecular complexity index is 731. The first-order valence-electron chi connectivity index (χ1n) is 7.80. The summed E-state index contributed by atoms with van der Waals surface area (Å²) in [6.45, 7) is 3.45. The first-order valence-corrected chi connectivity index (χ1v) is 9.47. The van der Waals surface area contributed by atoms with Crippen molar-refractivity contribution < 1.29 is 13.9 Å². The van der Waals surface area contributed by atoms with Crippen LogP contribution in [0.3, 0.4) is 0 Å². The van der Waals surface area contributed by atoms with E-state index in [4.69, 9.17) is 4.74 Å². The second-order valence-corrected chi connectivity index (χ2v) is 7.69. The monoisotopic (exact) mass is 412 g/mol. The van der Waals surface area contributed by atoms with Crippen LogP contribution in [0, 0.1) is 12.7 Å². The first kappa shape index (κ1) is 17.5. The molecule has 0 N–H and O–H groups in total. The molecule has 0 aliphatic carbocycles. The van der Waals surface area contributed by atoms with Crippen molar-refractivity contribution in [3.05, 3.63) is 50.1 Å². The zero-order chi connectivity index (χ0) is 17.1. The minimum absolute atomic E-state index is 0.00789. The Morgan fingerprint density at radius 2 is 2.38 bits per heavy atom. The molecule has 1 aromatic heterocycles. The van der Waals surface area contributed by atoms with Gasteiger partial charge in [-0.25, -0.2) is 9.37 Å². The van der Waals surface area contributed by atoms with Gasteiger partial charge in [-0.15, -0.1) is 11.3 Å². The van der Waals surface area contributed by atoms with Crippen molar-refractivity contribution in [2.24, 2.45) is 0 Å². The minimum Gasteiger partial charge on any atom is -0.376 e. The highest BCUT2D eigenvalue weighted by Crippen LogP contribution is 2.21. The molecule has 1 aromatic carbocycles. The second-order valence-electron chi connectivity index (χ2n) is 5.83. The van der Waals surface area contributed by atoms with E-state index in [1.54, 1.807) is 11.0 Å². The molecule has 1 saturated heterocycles. The Labute approximate surface area is 152 Å². The van der Waals surface area contributed by atoms with Crippen LogP contribution in [0.15, 0.2) is 28.1 Å². The maximum atomic E-state index is 14.2. The fourth-order valence-corrected chi connectivity index (χ4v) is 3.84. The average molecular weight is 413 g/mol. The Kier molecular flexibility index (Phi) is 5.63. The van der Waals surface area contributed by atoms with Crippen LogP contribution in [0.4, 0.5) is 4.39 Å². The number of rotatable bonds is 5. The zero-order valence-corrected chi connectivity index (χ0v) is 15.7. The van der Waals surface area contributed by atoms with Crippen LogP contribution in [0.25, 0.3) is 0 Å². The van der Waals surface area contributed by atoms with E-state index in [0.29, 0.717) is 17.6 Å². The molecule has 2 aromatic rings. The number of carbonyl (C=O) groups is 1. The van der Waals surface area contributed by atoms with Crippen LogP contribution in [-0.2, 0) is 11.3 Å². The van der Waals surface area contributed by atoms with Crippen molar-refractivity contribution in [2.75, 3.05) is 13.2 Å². The predicted octanol–water partition coefficient (Wildman–Crippen LogP) is 4.17. The number of hydrogen-bond donors (Lipinski definition) is 0. The van der Waals surface area contributed by atoms with Gasteiger partial charge in [0.25, 0.3) is 5.91 Å². The van der Waals surface area contributed by atoms with E-state index in [1.807, 2.05) is 12.3 Å². The number of carbonyl (C=O) groups excluding carboxylic acids is 1. The van der Waals surface area contributed by atoms with Gasteiger partial charge in [0.05, 0.1) is 18.2 Å². The van der Waals surface area contributed by atoms with Gasteiger partial charge in [0.1, 0.15) is 10.8 Å². The third kappa shape index (κ3) is 4.20. The maximum absolute atomic E-state index is 14.2. The third-order valence-electron chi connectivity index (χ3n) is 3.89. The summed E-state index contributed by atoms with van der Waals surface area (Å²) < 4.78 is 20.5. The Balaban J connectivity index is 1.82. The van der Waals surface area contributed by atoms with Gasteiger partial charge in [0.2, 0.25) is 0 Å². The molecule has 24 heavy (non-hydrogen) atoms. The number of ether oxygens (including phenoxy) is 1. The number of benzene rings is 1. The maximum Gasteiger partial charge on any atom is 0.257 e. The number of thiazole rings is 1. The SMILES string of the molecule is Cc1csc(CN(C[C@H]2CCCO2)C(=O)c2ccc(Br)cc2F)n1. The predicted molar refractivity (Wildman–Crippen MR) is 94.7 cm³/mol. The summed E-state index contributed by atoms with van der Waals surface area (Å²) in [7, 11) is 0. The van der Waals surface area contributed by atoms with Gasteiger partial charge < -0.3 is 9.64 Å². The van der Waals surface area contributed by atoms with E-state index >= 15 is 0 Å². The van der Waals surface area contributed by atoms with Crippen LogP contribution in [0.2, 0.25) is 0 Å². The van der Waals surface area contributed by atoms with Gasteiger partial charge in [-0.05, 0) is 38.0 Å². The lowest BCUT2D eigenvalue weighted by molar-refractivity contribution is 0.0503. The first-order chi connectivity index (χ1) is 11.5. The van der Waals surface area contributed by atoms with E-state index in [2.05, 4.69) is 20.9 Å². The molecule has 1 fully saturated rings. The summed E-state index contributed by atoms with van der Waals surface area (Å²) in [6, 6.07) is 4.50. The van der Waals surface area contributed by atoms with Crippen LogP contribution in [0.1, 0.15) is 33.9 Å². The van der Waals surface area contributed by atoms with Crippen molar-refractivity contribution in [1.82, 2.24) is 9.88 Å². The van der Waals surface area contributed by atoms with Gasteiger partial charge in [0.15, 0.2) is 0 Å². The van der Waals surface area contributed by atoms with Crippen molar-refractivity contribution in [3.63, 3.8) is 0 Å². The lowest BCUT2D eigenvalue weighted by Gasteiger charge is -2.25. The van der Waals surface area contributed by atoms with Gasteiger partial charge in [-0.3, -0.25) is 4.79 Å². The molecule has 7 heteroatoms. The minimum atomic E-state index is -0.526. The second kappa shape index (κ2) is 7.72. The van der Waals surface area contributed by atoms with E-state index in [-0.39, 0.29) is 17.6 Å². The molecule has 1 aliphatic heterocycles.